The van der Waals surface area contributed by atoms with Gasteiger partial charge in [-0.25, -0.2) is 13.2 Å². The molecule has 0 aliphatic heterocycles. The Hall–Kier alpha value is -2.17. The Kier molecular flexibility index (Phi) is 3.14. The molecule has 2 nitrogen and oxygen atoms in total. The maximum Gasteiger partial charge on any atom is 0.197 e. The highest BCUT2D eigenvalue weighted by Crippen LogP contribution is 2.18. The Balaban J connectivity index is 2.50. The lowest BCUT2D eigenvalue weighted by Crippen LogP contribution is -2.07. The molecule has 5 heteroatoms. The van der Waals surface area contributed by atoms with Gasteiger partial charge < -0.3 is 0 Å². The van der Waals surface area contributed by atoms with E-state index in [-0.39, 0.29) is 11.1 Å². The van der Waals surface area contributed by atoms with Gasteiger partial charge in [0.25, 0.3) is 0 Å². The largest absolute Gasteiger partial charge is 0.288 e. The number of pyridine rings is 1. The first kappa shape index (κ1) is 12.3. The molecule has 1 heterocycles. The summed E-state index contributed by atoms with van der Waals surface area (Å²) in [5.41, 5.74) is -0.468. The van der Waals surface area contributed by atoms with Crippen LogP contribution < -0.4 is 0 Å². The van der Waals surface area contributed by atoms with Crippen LogP contribution in [0.5, 0.6) is 0 Å². The van der Waals surface area contributed by atoms with Gasteiger partial charge in [-0.1, -0.05) is 6.07 Å². The first-order valence-electron chi connectivity index (χ1n) is 5.10. The molecule has 0 radical (unpaired) electrons. The molecule has 1 aromatic carbocycles. The Labute approximate surface area is 101 Å². The molecule has 0 atom stereocenters. The highest BCUT2D eigenvalue weighted by molar-refractivity contribution is 6.09. The van der Waals surface area contributed by atoms with Gasteiger partial charge in [0, 0.05) is 11.8 Å². The van der Waals surface area contributed by atoms with Crippen LogP contribution in [0.4, 0.5) is 13.2 Å². The monoisotopic (exact) mass is 251 g/mol. The van der Waals surface area contributed by atoms with Crippen molar-refractivity contribution >= 4 is 5.78 Å². The lowest BCUT2D eigenvalue weighted by molar-refractivity contribution is 0.103. The van der Waals surface area contributed by atoms with Gasteiger partial charge in [-0.3, -0.25) is 9.78 Å². The lowest BCUT2D eigenvalue weighted by atomic mass is 10.0. The predicted octanol–water partition coefficient (Wildman–Crippen LogP) is 3.04. The van der Waals surface area contributed by atoms with Crippen molar-refractivity contribution in [1.29, 1.82) is 0 Å². The van der Waals surface area contributed by atoms with Gasteiger partial charge in [0.15, 0.2) is 17.4 Å². The number of hydrogen-bond acceptors (Lipinski definition) is 2. The Morgan fingerprint density at radius 1 is 1.11 bits per heavy atom. The number of carbonyl (C=O) groups is 1. The molecule has 0 aliphatic carbocycles. The molecule has 0 fully saturated rings. The molecule has 0 unspecified atom stereocenters. The zero-order valence-electron chi connectivity index (χ0n) is 9.38. The molecule has 2 aromatic rings. The number of carbonyl (C=O) groups excluding carboxylic acids is 1. The van der Waals surface area contributed by atoms with E-state index < -0.39 is 28.8 Å². The highest BCUT2D eigenvalue weighted by atomic mass is 19.2. The summed E-state index contributed by atoms with van der Waals surface area (Å²) in [6.07, 6.45) is 2.02. The summed E-state index contributed by atoms with van der Waals surface area (Å²) in [4.78, 5) is 15.4. The maximum atomic E-state index is 13.6. The first-order valence-corrected chi connectivity index (χ1v) is 5.10. The molecule has 18 heavy (non-hydrogen) atoms. The molecule has 1 aromatic heterocycles. The lowest BCUT2D eigenvalue weighted by Gasteiger charge is -2.05. The first-order chi connectivity index (χ1) is 8.50. The summed E-state index contributed by atoms with van der Waals surface area (Å²) in [5, 5.41) is 0. The minimum Gasteiger partial charge on any atom is -0.288 e. The van der Waals surface area contributed by atoms with Gasteiger partial charge in [0.2, 0.25) is 0 Å². The molecule has 2 rings (SSSR count). The van der Waals surface area contributed by atoms with Crippen LogP contribution in [0.25, 0.3) is 0 Å². The number of nitrogens with zero attached hydrogens (tertiary/aromatic N) is 1. The molecule has 0 N–H and O–H groups in total. The third kappa shape index (κ3) is 2.11. The minimum absolute atomic E-state index is 0.0985. The van der Waals surface area contributed by atoms with Gasteiger partial charge in [-0.2, -0.15) is 0 Å². The Morgan fingerprint density at radius 3 is 2.50 bits per heavy atom. The smallest absolute Gasteiger partial charge is 0.197 e. The number of rotatable bonds is 2. The van der Waals surface area contributed by atoms with Crippen molar-refractivity contribution in [3.8, 4) is 0 Å². The van der Waals surface area contributed by atoms with Crippen molar-refractivity contribution in [2.24, 2.45) is 0 Å². The van der Waals surface area contributed by atoms with E-state index in [1.807, 2.05) is 0 Å². The van der Waals surface area contributed by atoms with Crippen molar-refractivity contribution in [3.05, 3.63) is 64.7 Å². The van der Waals surface area contributed by atoms with Crippen LogP contribution in [0, 0.1) is 24.4 Å². The molecule has 92 valence electrons. The molecule has 0 saturated carbocycles. The number of aryl methyl sites for hydroxylation is 1. The predicted molar refractivity (Wildman–Crippen MR) is 58.7 cm³/mol. The molecule has 0 saturated heterocycles. The summed E-state index contributed by atoms with van der Waals surface area (Å²) in [5.74, 6) is -3.83. The SMILES string of the molecule is Cc1ccc(C(=O)c2cncc(F)c2)c(F)c1F. The topological polar surface area (TPSA) is 30.0 Å². The van der Waals surface area contributed by atoms with E-state index in [0.29, 0.717) is 0 Å². The summed E-state index contributed by atoms with van der Waals surface area (Å²) in [6.45, 7) is 1.39. The summed E-state index contributed by atoms with van der Waals surface area (Å²) >= 11 is 0. The van der Waals surface area contributed by atoms with Gasteiger partial charge in [0.1, 0.15) is 5.82 Å². The van der Waals surface area contributed by atoms with Crippen molar-refractivity contribution in [2.45, 2.75) is 6.92 Å². The van der Waals surface area contributed by atoms with E-state index in [1.54, 1.807) is 0 Å². The summed E-state index contributed by atoms with van der Waals surface area (Å²) < 4.78 is 39.8. The van der Waals surface area contributed by atoms with Gasteiger partial charge in [0.05, 0.1) is 11.8 Å². The average Bonchev–Trinajstić information content (AvgIpc) is 2.35. The van der Waals surface area contributed by atoms with Crippen LogP contribution in [0.1, 0.15) is 21.5 Å². The number of benzene rings is 1. The molecule has 0 spiro atoms. The van der Waals surface area contributed by atoms with Crippen LogP contribution in [0.2, 0.25) is 0 Å². The van der Waals surface area contributed by atoms with Crippen LogP contribution in [0.15, 0.2) is 30.6 Å². The fourth-order valence-corrected chi connectivity index (χ4v) is 1.51. The van der Waals surface area contributed by atoms with Gasteiger partial charge in [-0.05, 0) is 24.6 Å². The second-order valence-electron chi connectivity index (χ2n) is 3.78. The van der Waals surface area contributed by atoms with Crippen molar-refractivity contribution in [3.63, 3.8) is 0 Å². The number of halogens is 3. The van der Waals surface area contributed by atoms with Crippen LogP contribution >= 0.6 is 0 Å². The quantitative estimate of drug-likeness (QED) is 0.768. The van der Waals surface area contributed by atoms with Crippen molar-refractivity contribution in [1.82, 2.24) is 4.98 Å². The normalized spacial score (nSPS) is 10.4. The number of ketones is 1. The minimum atomic E-state index is -1.23. The Bertz CT molecular complexity index is 626. The second-order valence-corrected chi connectivity index (χ2v) is 3.78. The van der Waals surface area contributed by atoms with Crippen molar-refractivity contribution < 1.29 is 18.0 Å². The molecule has 0 amide bonds. The Morgan fingerprint density at radius 2 is 1.83 bits per heavy atom. The van der Waals surface area contributed by atoms with E-state index in [4.69, 9.17) is 0 Å². The fraction of sp³-hybridized carbons (Fsp3) is 0.0769. The van der Waals surface area contributed by atoms with Crippen LogP contribution in [-0.2, 0) is 0 Å². The molecular weight excluding hydrogens is 243 g/mol. The highest BCUT2D eigenvalue weighted by Gasteiger charge is 2.19. The van der Waals surface area contributed by atoms with E-state index in [2.05, 4.69) is 4.98 Å². The number of aromatic nitrogens is 1. The number of hydrogen-bond donors (Lipinski definition) is 0. The molecule has 0 bridgehead atoms. The third-order valence-electron chi connectivity index (χ3n) is 2.49. The molecule has 0 aliphatic rings. The maximum absolute atomic E-state index is 13.6. The van der Waals surface area contributed by atoms with Gasteiger partial charge >= 0.3 is 0 Å². The van der Waals surface area contributed by atoms with E-state index in [0.717, 1.165) is 18.5 Å². The second kappa shape index (κ2) is 4.60. The molecular formula is C13H8F3NO. The van der Waals surface area contributed by atoms with E-state index in [9.17, 15) is 18.0 Å². The van der Waals surface area contributed by atoms with E-state index >= 15 is 0 Å². The standard InChI is InChI=1S/C13H8F3NO/c1-7-2-3-10(12(16)11(7)15)13(18)8-4-9(14)6-17-5-8/h2-6H,1H3. The van der Waals surface area contributed by atoms with Gasteiger partial charge in [-0.15, -0.1) is 0 Å². The third-order valence-corrected chi connectivity index (χ3v) is 2.49. The fourth-order valence-electron chi connectivity index (χ4n) is 1.51. The summed E-state index contributed by atoms with van der Waals surface area (Å²) in [6, 6.07) is 3.38. The average molecular weight is 251 g/mol. The van der Waals surface area contributed by atoms with Crippen LogP contribution in [0.3, 0.4) is 0 Å². The van der Waals surface area contributed by atoms with Crippen LogP contribution in [-0.4, -0.2) is 10.8 Å². The van der Waals surface area contributed by atoms with Crippen molar-refractivity contribution in [2.75, 3.05) is 0 Å². The zero-order chi connectivity index (χ0) is 13.3. The zero-order valence-corrected chi connectivity index (χ0v) is 9.38. The van der Waals surface area contributed by atoms with E-state index in [1.165, 1.54) is 19.1 Å². The summed E-state index contributed by atoms with van der Waals surface area (Å²) in [7, 11) is 0.